The minimum atomic E-state index is -0.325. The Labute approximate surface area is 152 Å². The van der Waals surface area contributed by atoms with Gasteiger partial charge < -0.3 is 9.84 Å². The number of carbonyl (C=O) groups is 1. The van der Waals surface area contributed by atoms with E-state index in [0.717, 1.165) is 36.8 Å². The Morgan fingerprint density at radius 1 is 1.23 bits per heavy atom. The average molecular weight is 350 g/mol. The molecule has 1 aliphatic rings. The second kappa shape index (κ2) is 6.78. The van der Waals surface area contributed by atoms with Gasteiger partial charge in [0.2, 0.25) is 0 Å². The molecule has 26 heavy (non-hydrogen) atoms. The minimum absolute atomic E-state index is 0.185. The van der Waals surface area contributed by atoms with Gasteiger partial charge in [-0.05, 0) is 31.4 Å². The molecule has 1 fully saturated rings. The van der Waals surface area contributed by atoms with Gasteiger partial charge in [0.1, 0.15) is 5.76 Å². The van der Waals surface area contributed by atoms with Crippen LogP contribution < -0.4 is 5.32 Å². The largest absolute Gasteiger partial charge is 0.361 e. The molecule has 2 aromatic heterocycles. The fraction of sp³-hybridized carbons (Fsp3) is 0.350. The molecule has 0 radical (unpaired) electrons. The van der Waals surface area contributed by atoms with Crippen LogP contribution in [0.15, 0.2) is 53.3 Å². The Kier molecular flexibility index (Phi) is 4.32. The van der Waals surface area contributed by atoms with Gasteiger partial charge in [-0.25, -0.2) is 0 Å². The molecule has 1 N–H and O–H groups in total. The molecule has 3 aromatic rings. The quantitative estimate of drug-likeness (QED) is 0.765. The number of carbonyl (C=O) groups excluding carboxylic acids is 1. The Morgan fingerprint density at radius 2 is 2.00 bits per heavy atom. The van der Waals surface area contributed by atoms with Crippen LogP contribution in [0.1, 0.15) is 53.1 Å². The number of rotatable bonds is 5. The lowest BCUT2D eigenvalue weighted by Crippen LogP contribution is -2.44. The van der Waals surface area contributed by atoms with Crippen molar-refractivity contribution in [3.8, 4) is 0 Å². The molecule has 0 spiro atoms. The number of aryl methyl sites for hydroxylation is 1. The van der Waals surface area contributed by atoms with Crippen LogP contribution in [-0.2, 0) is 12.1 Å². The van der Waals surface area contributed by atoms with Gasteiger partial charge in [-0.2, -0.15) is 5.10 Å². The van der Waals surface area contributed by atoms with Crippen LogP contribution in [0.25, 0.3) is 0 Å². The first-order chi connectivity index (χ1) is 12.7. The molecule has 1 aromatic carbocycles. The first kappa shape index (κ1) is 16.6. The highest BCUT2D eigenvalue weighted by Crippen LogP contribution is 2.39. The van der Waals surface area contributed by atoms with Crippen LogP contribution >= 0.6 is 0 Å². The fourth-order valence-corrected chi connectivity index (χ4v) is 3.81. The van der Waals surface area contributed by atoms with Crippen molar-refractivity contribution in [1.29, 1.82) is 0 Å². The third-order valence-corrected chi connectivity index (χ3v) is 5.22. The Balaban J connectivity index is 1.62. The van der Waals surface area contributed by atoms with Crippen molar-refractivity contribution < 1.29 is 9.32 Å². The van der Waals surface area contributed by atoms with Crippen molar-refractivity contribution in [3.05, 3.63) is 71.4 Å². The highest BCUT2D eigenvalue weighted by molar-refractivity contribution is 5.94. The van der Waals surface area contributed by atoms with Gasteiger partial charge in [-0.1, -0.05) is 48.3 Å². The lowest BCUT2D eigenvalue weighted by atomic mass is 9.88. The van der Waals surface area contributed by atoms with Gasteiger partial charge in [-0.15, -0.1) is 0 Å². The molecule has 1 amide bonds. The van der Waals surface area contributed by atoms with Gasteiger partial charge in [0.25, 0.3) is 5.91 Å². The smallest absolute Gasteiger partial charge is 0.274 e. The fourth-order valence-electron chi connectivity index (χ4n) is 3.81. The van der Waals surface area contributed by atoms with Crippen molar-refractivity contribution in [3.63, 3.8) is 0 Å². The summed E-state index contributed by atoms with van der Waals surface area (Å²) in [5.74, 6) is 0.459. The lowest BCUT2D eigenvalue weighted by Gasteiger charge is -2.30. The standard InChI is InChI=1S/C20H22N4O2/c1-15-17(14-24-13-7-12-21-24)18(23-26-15)19(25)22-20(10-5-6-11-20)16-8-3-2-4-9-16/h2-4,7-9,12-13H,5-6,10-11,14H2,1H3,(H,22,25). The average Bonchev–Trinajstić information content (AvgIpc) is 3.40. The summed E-state index contributed by atoms with van der Waals surface area (Å²) in [6.45, 7) is 2.29. The monoisotopic (exact) mass is 350 g/mol. The van der Waals surface area contributed by atoms with E-state index in [0.29, 0.717) is 18.0 Å². The molecule has 0 atom stereocenters. The minimum Gasteiger partial charge on any atom is -0.361 e. The van der Waals surface area contributed by atoms with Crippen LogP contribution in [-0.4, -0.2) is 20.8 Å². The predicted octanol–water partition coefficient (Wildman–Crippen LogP) is 3.43. The Morgan fingerprint density at radius 3 is 2.69 bits per heavy atom. The van der Waals surface area contributed by atoms with Crippen molar-refractivity contribution >= 4 is 5.91 Å². The van der Waals surface area contributed by atoms with Gasteiger partial charge in [0.05, 0.1) is 12.1 Å². The number of hydrogen-bond donors (Lipinski definition) is 1. The predicted molar refractivity (Wildman–Crippen MR) is 96.6 cm³/mol. The first-order valence-corrected chi connectivity index (χ1v) is 8.99. The molecule has 6 heteroatoms. The molecule has 134 valence electrons. The normalized spacial score (nSPS) is 15.9. The zero-order valence-corrected chi connectivity index (χ0v) is 14.8. The zero-order chi connectivity index (χ0) is 18.0. The SMILES string of the molecule is Cc1onc(C(=O)NC2(c3ccccc3)CCCC2)c1Cn1cccn1. The van der Waals surface area contributed by atoms with Crippen molar-refractivity contribution in [2.24, 2.45) is 0 Å². The highest BCUT2D eigenvalue weighted by atomic mass is 16.5. The lowest BCUT2D eigenvalue weighted by molar-refractivity contribution is 0.0888. The summed E-state index contributed by atoms with van der Waals surface area (Å²) in [6, 6.07) is 12.1. The molecule has 2 heterocycles. The number of nitrogens with one attached hydrogen (secondary N) is 1. The molecule has 4 rings (SSSR count). The van der Waals surface area contributed by atoms with E-state index in [2.05, 4.69) is 27.7 Å². The maximum Gasteiger partial charge on any atom is 0.274 e. The third kappa shape index (κ3) is 3.03. The maximum absolute atomic E-state index is 13.1. The molecule has 6 nitrogen and oxygen atoms in total. The van der Waals surface area contributed by atoms with E-state index in [-0.39, 0.29) is 11.4 Å². The van der Waals surface area contributed by atoms with Crippen LogP contribution in [0.4, 0.5) is 0 Å². The summed E-state index contributed by atoms with van der Waals surface area (Å²) in [5, 5.41) is 11.5. The van der Waals surface area contributed by atoms with Crippen molar-refractivity contribution in [1.82, 2.24) is 20.3 Å². The summed E-state index contributed by atoms with van der Waals surface area (Å²) in [5.41, 5.74) is 1.95. The molecular weight excluding hydrogens is 328 g/mol. The third-order valence-electron chi connectivity index (χ3n) is 5.22. The Bertz CT molecular complexity index is 878. The zero-order valence-electron chi connectivity index (χ0n) is 14.8. The summed E-state index contributed by atoms with van der Waals surface area (Å²) >= 11 is 0. The van der Waals surface area contributed by atoms with E-state index in [9.17, 15) is 4.79 Å². The topological polar surface area (TPSA) is 73.0 Å². The van der Waals surface area contributed by atoms with Crippen molar-refractivity contribution in [2.45, 2.75) is 44.7 Å². The molecule has 1 saturated carbocycles. The molecule has 1 aliphatic carbocycles. The summed E-state index contributed by atoms with van der Waals surface area (Å²) in [6.07, 6.45) is 7.66. The summed E-state index contributed by atoms with van der Waals surface area (Å²) < 4.78 is 7.08. The van der Waals surface area contributed by atoms with E-state index >= 15 is 0 Å². The van der Waals surface area contributed by atoms with Gasteiger partial charge in [0.15, 0.2) is 5.69 Å². The van der Waals surface area contributed by atoms with E-state index in [1.165, 1.54) is 0 Å². The highest BCUT2D eigenvalue weighted by Gasteiger charge is 2.38. The van der Waals surface area contributed by atoms with E-state index in [4.69, 9.17) is 4.52 Å². The van der Waals surface area contributed by atoms with E-state index < -0.39 is 0 Å². The number of hydrogen-bond acceptors (Lipinski definition) is 4. The van der Waals surface area contributed by atoms with Crippen LogP contribution in [0.3, 0.4) is 0 Å². The van der Waals surface area contributed by atoms with E-state index in [1.54, 1.807) is 10.9 Å². The molecular formula is C20H22N4O2. The number of amides is 1. The van der Waals surface area contributed by atoms with E-state index in [1.807, 2.05) is 37.4 Å². The van der Waals surface area contributed by atoms with Gasteiger partial charge in [-0.3, -0.25) is 9.48 Å². The first-order valence-electron chi connectivity index (χ1n) is 8.99. The Hall–Kier alpha value is -2.89. The number of aromatic nitrogens is 3. The summed E-state index contributed by atoms with van der Waals surface area (Å²) in [7, 11) is 0. The van der Waals surface area contributed by atoms with Gasteiger partial charge in [0, 0.05) is 18.0 Å². The van der Waals surface area contributed by atoms with Gasteiger partial charge >= 0.3 is 0 Å². The second-order valence-electron chi connectivity index (χ2n) is 6.88. The van der Waals surface area contributed by atoms with Crippen LogP contribution in [0.5, 0.6) is 0 Å². The number of nitrogens with zero attached hydrogens (tertiary/aromatic N) is 3. The maximum atomic E-state index is 13.1. The second-order valence-corrected chi connectivity index (χ2v) is 6.88. The molecule has 0 aliphatic heterocycles. The molecule has 0 saturated heterocycles. The summed E-state index contributed by atoms with van der Waals surface area (Å²) in [4.78, 5) is 13.1. The van der Waals surface area contributed by atoms with Crippen molar-refractivity contribution in [2.75, 3.05) is 0 Å². The van der Waals surface area contributed by atoms with Crippen LogP contribution in [0, 0.1) is 6.92 Å². The number of benzene rings is 1. The molecule has 0 bridgehead atoms. The van der Waals surface area contributed by atoms with Crippen LogP contribution in [0.2, 0.25) is 0 Å². The molecule has 0 unspecified atom stereocenters.